The van der Waals surface area contributed by atoms with Crippen LogP contribution in [0.5, 0.6) is 0 Å². The van der Waals surface area contributed by atoms with Gasteiger partial charge in [0.2, 0.25) is 0 Å². The van der Waals surface area contributed by atoms with Gasteiger partial charge in [0, 0.05) is 37.9 Å². The van der Waals surface area contributed by atoms with Crippen molar-refractivity contribution in [2.24, 2.45) is 34.5 Å². The second-order valence-corrected chi connectivity index (χ2v) is 18.9. The summed E-state index contributed by atoms with van der Waals surface area (Å²) >= 11 is 0. The second kappa shape index (κ2) is 15.4. The molecule has 0 spiro atoms. The molecule has 0 unspecified atom stereocenters. The van der Waals surface area contributed by atoms with Crippen molar-refractivity contribution >= 4 is 5.97 Å². The topological polar surface area (TPSA) is 172 Å². The van der Waals surface area contributed by atoms with Gasteiger partial charge in [-0.2, -0.15) is 0 Å². The van der Waals surface area contributed by atoms with Gasteiger partial charge < -0.3 is 58.3 Å². The van der Waals surface area contributed by atoms with Crippen LogP contribution in [0.15, 0.2) is 11.6 Å². The third-order valence-corrected chi connectivity index (χ3v) is 16.1. The average Bonchev–Trinajstić information content (AvgIpc) is 3.68. The number of methoxy groups -OCH3 is 1. The van der Waals surface area contributed by atoms with Crippen LogP contribution in [-0.2, 0) is 42.7 Å². The molecule has 20 atom stereocenters. The van der Waals surface area contributed by atoms with E-state index in [4.69, 9.17) is 37.9 Å². The van der Waals surface area contributed by atoms with E-state index >= 15 is 0 Å². The molecule has 0 bridgehead atoms. The van der Waals surface area contributed by atoms with E-state index in [9.17, 15) is 25.2 Å². The molecule has 4 saturated carbocycles. The smallest absolute Gasteiger partial charge is 0.331 e. The first-order valence-electron chi connectivity index (χ1n) is 21.2. The van der Waals surface area contributed by atoms with Gasteiger partial charge in [-0.1, -0.05) is 13.8 Å². The Balaban J connectivity index is 0.824. The van der Waals surface area contributed by atoms with Crippen molar-refractivity contribution in [1.82, 2.24) is 0 Å². The number of esters is 1. The van der Waals surface area contributed by atoms with Crippen LogP contribution in [0.25, 0.3) is 0 Å². The molecule has 8 rings (SSSR count). The van der Waals surface area contributed by atoms with E-state index in [0.717, 1.165) is 63.4 Å². The van der Waals surface area contributed by atoms with Crippen LogP contribution < -0.4 is 0 Å². The number of rotatable bonds is 8. The van der Waals surface area contributed by atoms with Gasteiger partial charge in [0.25, 0.3) is 0 Å². The number of aliphatic hydroxyl groups excluding tert-OH is 3. The molecule has 3 saturated heterocycles. The van der Waals surface area contributed by atoms with Gasteiger partial charge in [-0.25, -0.2) is 4.79 Å². The molecule has 0 aromatic rings. The Hall–Kier alpha value is -1.23. The van der Waals surface area contributed by atoms with Crippen molar-refractivity contribution in [2.75, 3.05) is 13.7 Å². The summed E-state index contributed by atoms with van der Waals surface area (Å²) < 4.78 is 48.0. The van der Waals surface area contributed by atoms with Crippen LogP contribution in [0, 0.1) is 34.5 Å². The average molecular weight is 779 g/mol. The van der Waals surface area contributed by atoms with E-state index in [-0.39, 0.29) is 47.6 Å². The summed E-state index contributed by atoms with van der Waals surface area (Å²) in [6.45, 7) is 10.6. The maximum atomic E-state index is 12.6. The van der Waals surface area contributed by atoms with E-state index in [1.807, 2.05) is 13.8 Å². The van der Waals surface area contributed by atoms with Crippen LogP contribution in [0.3, 0.4) is 0 Å². The molecular weight excluding hydrogens is 712 g/mol. The number of aliphatic hydroxyl groups is 4. The van der Waals surface area contributed by atoms with Gasteiger partial charge in [0.15, 0.2) is 18.9 Å². The minimum atomic E-state index is -0.895. The fraction of sp³-hybridized carbons (Fsp3) is 0.929. The normalized spacial score (nSPS) is 54.2. The Kier molecular flexibility index (Phi) is 11.4. The lowest BCUT2D eigenvalue weighted by Gasteiger charge is -2.64. The second-order valence-electron chi connectivity index (χ2n) is 18.9. The molecule has 4 N–H and O–H groups in total. The summed E-state index contributed by atoms with van der Waals surface area (Å²) in [5, 5.41) is 45.3. The van der Waals surface area contributed by atoms with Crippen molar-refractivity contribution in [2.45, 2.75) is 197 Å². The molecular formula is C42H66O13. The number of carbonyl (C=O) groups is 1. The predicted molar refractivity (Wildman–Crippen MR) is 196 cm³/mol. The molecule has 0 aromatic heterocycles. The highest BCUT2D eigenvalue weighted by Crippen LogP contribution is 2.70. The quantitative estimate of drug-likeness (QED) is 0.207. The van der Waals surface area contributed by atoms with Crippen LogP contribution in [0.2, 0.25) is 0 Å². The molecule has 0 aromatic carbocycles. The summed E-state index contributed by atoms with van der Waals surface area (Å²) in [5.41, 5.74) is 0.231. The van der Waals surface area contributed by atoms with Gasteiger partial charge >= 0.3 is 5.97 Å². The zero-order chi connectivity index (χ0) is 39.0. The van der Waals surface area contributed by atoms with Gasteiger partial charge in [0.1, 0.15) is 24.9 Å². The van der Waals surface area contributed by atoms with Crippen molar-refractivity contribution in [1.29, 1.82) is 0 Å². The molecule has 13 heteroatoms. The molecule has 8 aliphatic rings. The number of hydrogen-bond donors (Lipinski definition) is 4. The Labute approximate surface area is 325 Å². The summed E-state index contributed by atoms with van der Waals surface area (Å²) in [6.07, 6.45) is 3.51. The van der Waals surface area contributed by atoms with Gasteiger partial charge in [-0.3, -0.25) is 0 Å². The molecule has 13 nitrogen and oxygen atoms in total. The van der Waals surface area contributed by atoms with Gasteiger partial charge in [0.05, 0.1) is 48.3 Å². The molecule has 55 heavy (non-hydrogen) atoms. The number of carbonyl (C=O) groups excluding carboxylic acids is 1. The van der Waals surface area contributed by atoms with Gasteiger partial charge in [-0.05, 0) is 113 Å². The SMILES string of the molecule is CO[C@H]1C[C@H](O[C@H]2[C@@H](O)C[C@H](O[C@H]3[C@@H](O)C[C@H](O[C@H]4CC[C@@]5(C)[C@H](CC[C@@H]6[C@@H]5CC[C@]5(C)[C@@H](C7=CC(=O)OC7)CC[C@]65O)C4)O[C@@H]3C)O[C@@H]2C)O[C@H](C)[C@H]1O. The number of fused-ring (bicyclic) bond motifs is 5. The lowest BCUT2D eigenvalue weighted by Crippen LogP contribution is -2.62. The first-order valence-corrected chi connectivity index (χ1v) is 21.2. The third-order valence-electron chi connectivity index (χ3n) is 16.1. The number of hydrogen-bond acceptors (Lipinski definition) is 13. The van der Waals surface area contributed by atoms with Crippen LogP contribution in [0.4, 0.5) is 0 Å². The van der Waals surface area contributed by atoms with E-state index in [1.54, 1.807) is 20.1 Å². The summed E-state index contributed by atoms with van der Waals surface area (Å²) in [7, 11) is 1.54. The van der Waals surface area contributed by atoms with E-state index in [2.05, 4.69) is 13.8 Å². The third kappa shape index (κ3) is 7.17. The lowest BCUT2D eigenvalue weighted by molar-refractivity contribution is -0.336. The Morgan fingerprint density at radius 3 is 1.98 bits per heavy atom. The molecule has 0 amide bonds. The zero-order valence-corrected chi connectivity index (χ0v) is 33.5. The largest absolute Gasteiger partial charge is 0.458 e. The van der Waals surface area contributed by atoms with Crippen LogP contribution in [-0.4, -0.2) is 126 Å². The van der Waals surface area contributed by atoms with Crippen molar-refractivity contribution in [3.05, 3.63) is 11.6 Å². The minimum Gasteiger partial charge on any atom is -0.458 e. The first-order chi connectivity index (χ1) is 26.1. The maximum absolute atomic E-state index is 12.6. The first kappa shape index (κ1) is 40.5. The lowest BCUT2D eigenvalue weighted by atomic mass is 9.43. The van der Waals surface area contributed by atoms with Crippen molar-refractivity contribution in [3.8, 4) is 0 Å². The Morgan fingerprint density at radius 1 is 0.727 bits per heavy atom. The standard InChI is InChI=1S/C42H66O13/c1-21-37(46)32(48-6)19-36(50-21)55-39-23(3)52-35(18-31(39)44)54-38-22(2)51-34(17-30(38)43)53-26-9-12-40(4)25(16-26)7-8-29-28(40)10-13-41(5)27(11-14-42(29,41)47)24-15-33(45)49-20-24/h15,21-23,25-32,34-39,43-44,46-47H,7-14,16-20H2,1-6H3/t21-,22-,23-,25-,26+,27-,28+,29-,30+,31+,32+,34+,35+,36+,37-,38-,39-,40+,41-,42+/m1/s1. The fourth-order valence-corrected chi connectivity index (χ4v) is 13.0. The van der Waals surface area contributed by atoms with E-state index < -0.39 is 79.4 Å². The summed E-state index contributed by atoms with van der Waals surface area (Å²) in [6, 6.07) is 0. The Bertz CT molecular complexity index is 1400. The predicted octanol–water partition coefficient (Wildman–Crippen LogP) is 3.90. The van der Waals surface area contributed by atoms with Crippen molar-refractivity contribution in [3.63, 3.8) is 0 Å². The van der Waals surface area contributed by atoms with Crippen molar-refractivity contribution < 1.29 is 63.1 Å². The monoisotopic (exact) mass is 778 g/mol. The van der Waals surface area contributed by atoms with Gasteiger partial charge in [-0.15, -0.1) is 0 Å². The highest BCUT2D eigenvalue weighted by molar-refractivity contribution is 5.85. The maximum Gasteiger partial charge on any atom is 0.331 e. The molecule has 4 aliphatic carbocycles. The summed E-state index contributed by atoms with van der Waals surface area (Å²) in [4.78, 5) is 11.9. The fourth-order valence-electron chi connectivity index (χ4n) is 13.0. The number of ether oxygens (including phenoxy) is 8. The van der Waals surface area contributed by atoms with E-state index in [0.29, 0.717) is 24.9 Å². The molecule has 0 radical (unpaired) electrons. The zero-order valence-electron chi connectivity index (χ0n) is 33.5. The summed E-state index contributed by atoms with van der Waals surface area (Å²) in [5.74, 6) is 1.15. The Morgan fingerprint density at radius 2 is 1.36 bits per heavy atom. The molecule has 4 aliphatic heterocycles. The highest BCUT2D eigenvalue weighted by Gasteiger charge is 2.68. The minimum absolute atomic E-state index is 0.0318. The van der Waals surface area contributed by atoms with E-state index in [1.165, 1.54) is 0 Å². The van der Waals surface area contributed by atoms with Crippen LogP contribution >= 0.6 is 0 Å². The molecule has 312 valence electrons. The molecule has 4 heterocycles. The molecule has 7 fully saturated rings. The highest BCUT2D eigenvalue weighted by atomic mass is 16.7. The van der Waals surface area contributed by atoms with Crippen LogP contribution in [0.1, 0.15) is 112 Å². The number of cyclic esters (lactones) is 1.